The fourth-order valence-corrected chi connectivity index (χ4v) is 8.55. The van der Waals surface area contributed by atoms with Gasteiger partial charge in [-0.1, -0.05) is 251 Å². The van der Waals surface area contributed by atoms with Crippen molar-refractivity contribution in [1.82, 2.24) is 0 Å². The molecule has 0 aromatic rings. The van der Waals surface area contributed by atoms with Crippen molar-refractivity contribution < 1.29 is 28.6 Å². The van der Waals surface area contributed by atoms with E-state index in [9.17, 15) is 14.4 Å². The number of rotatable bonds is 53. The Kier molecular flexibility index (Phi) is 52.7. The lowest BCUT2D eigenvalue weighted by atomic mass is 10.0. The van der Waals surface area contributed by atoms with Crippen LogP contribution in [-0.2, 0) is 28.6 Å². The van der Waals surface area contributed by atoms with Gasteiger partial charge in [0.25, 0.3) is 0 Å². The third-order valence-corrected chi connectivity index (χ3v) is 12.9. The molecule has 0 amide bonds. The monoisotopic (exact) mass is 915 g/mol. The van der Waals surface area contributed by atoms with E-state index >= 15 is 0 Å². The Labute approximate surface area is 404 Å². The summed E-state index contributed by atoms with van der Waals surface area (Å²) in [5.41, 5.74) is 0. The van der Waals surface area contributed by atoms with Gasteiger partial charge in [0, 0.05) is 19.3 Å². The van der Waals surface area contributed by atoms with Gasteiger partial charge >= 0.3 is 17.9 Å². The van der Waals surface area contributed by atoms with E-state index in [1.807, 2.05) is 0 Å². The lowest BCUT2D eigenvalue weighted by Gasteiger charge is -2.18. The zero-order chi connectivity index (χ0) is 47.2. The molecule has 65 heavy (non-hydrogen) atoms. The van der Waals surface area contributed by atoms with Crippen molar-refractivity contribution in [2.24, 2.45) is 0 Å². The van der Waals surface area contributed by atoms with Crippen molar-refractivity contribution in [3.8, 4) is 0 Å². The number of ether oxygens (including phenoxy) is 3. The molecule has 0 saturated carbocycles. The zero-order valence-corrected chi connectivity index (χ0v) is 43.8. The number of unbranched alkanes of at least 4 members (excludes halogenated alkanes) is 38. The molecular formula is C59H110O6. The van der Waals surface area contributed by atoms with Crippen molar-refractivity contribution in [3.63, 3.8) is 0 Å². The predicted molar refractivity (Wildman–Crippen MR) is 279 cm³/mol. The fraction of sp³-hybridized carbons (Fsp3) is 0.881. The average molecular weight is 916 g/mol. The highest BCUT2D eigenvalue weighted by molar-refractivity contribution is 5.71. The lowest BCUT2D eigenvalue weighted by molar-refractivity contribution is -0.167. The Hall–Kier alpha value is -2.11. The Balaban J connectivity index is 4.34. The Bertz CT molecular complexity index is 1050. The number of esters is 3. The van der Waals surface area contributed by atoms with Gasteiger partial charge in [0.05, 0.1) is 0 Å². The molecular weight excluding hydrogens is 805 g/mol. The van der Waals surface area contributed by atoms with Crippen molar-refractivity contribution >= 4 is 17.9 Å². The number of hydrogen-bond acceptors (Lipinski definition) is 6. The van der Waals surface area contributed by atoms with E-state index < -0.39 is 6.10 Å². The van der Waals surface area contributed by atoms with Gasteiger partial charge in [-0.3, -0.25) is 14.4 Å². The van der Waals surface area contributed by atoms with E-state index in [2.05, 4.69) is 45.1 Å². The van der Waals surface area contributed by atoms with Gasteiger partial charge in [-0.05, 0) is 70.6 Å². The molecule has 6 nitrogen and oxygen atoms in total. The predicted octanol–water partition coefficient (Wildman–Crippen LogP) is 19.1. The van der Waals surface area contributed by atoms with Gasteiger partial charge in [0.1, 0.15) is 13.2 Å². The second-order valence-corrected chi connectivity index (χ2v) is 19.6. The second kappa shape index (κ2) is 54.5. The summed E-state index contributed by atoms with van der Waals surface area (Å²) in [6.07, 6.45) is 63.1. The highest BCUT2D eigenvalue weighted by atomic mass is 16.6. The maximum absolute atomic E-state index is 12.8. The van der Waals surface area contributed by atoms with Crippen molar-refractivity contribution in [3.05, 3.63) is 24.3 Å². The molecule has 0 saturated heterocycles. The van der Waals surface area contributed by atoms with Crippen LogP contribution in [0.2, 0.25) is 0 Å². The number of carbonyl (C=O) groups is 3. The largest absolute Gasteiger partial charge is 0.462 e. The van der Waals surface area contributed by atoms with Crippen LogP contribution in [0.3, 0.4) is 0 Å². The van der Waals surface area contributed by atoms with Crippen molar-refractivity contribution in [1.29, 1.82) is 0 Å². The number of allylic oxidation sites excluding steroid dienone is 4. The fourth-order valence-electron chi connectivity index (χ4n) is 8.55. The van der Waals surface area contributed by atoms with Gasteiger partial charge in [-0.2, -0.15) is 0 Å². The third kappa shape index (κ3) is 52.7. The molecule has 0 N–H and O–H groups in total. The van der Waals surface area contributed by atoms with Crippen LogP contribution in [0.1, 0.15) is 316 Å². The van der Waals surface area contributed by atoms with Crippen LogP contribution >= 0.6 is 0 Å². The van der Waals surface area contributed by atoms with Gasteiger partial charge in [0.2, 0.25) is 0 Å². The molecule has 0 aliphatic rings. The summed E-state index contributed by atoms with van der Waals surface area (Å²) >= 11 is 0. The van der Waals surface area contributed by atoms with E-state index in [0.29, 0.717) is 19.3 Å². The highest BCUT2D eigenvalue weighted by Crippen LogP contribution is 2.16. The van der Waals surface area contributed by atoms with Gasteiger partial charge < -0.3 is 14.2 Å². The van der Waals surface area contributed by atoms with Crippen molar-refractivity contribution in [2.75, 3.05) is 13.2 Å². The summed E-state index contributed by atoms with van der Waals surface area (Å²) in [7, 11) is 0. The van der Waals surface area contributed by atoms with Crippen LogP contribution in [0.4, 0.5) is 0 Å². The topological polar surface area (TPSA) is 78.9 Å². The maximum Gasteiger partial charge on any atom is 0.306 e. The highest BCUT2D eigenvalue weighted by Gasteiger charge is 2.19. The van der Waals surface area contributed by atoms with Crippen LogP contribution < -0.4 is 0 Å². The first-order valence-electron chi connectivity index (χ1n) is 28.8. The van der Waals surface area contributed by atoms with Crippen LogP contribution in [0.25, 0.3) is 0 Å². The molecule has 0 aliphatic carbocycles. The van der Waals surface area contributed by atoms with Gasteiger partial charge in [-0.15, -0.1) is 0 Å². The smallest absolute Gasteiger partial charge is 0.306 e. The first-order valence-corrected chi connectivity index (χ1v) is 28.8. The maximum atomic E-state index is 12.8. The molecule has 0 spiro atoms. The minimum absolute atomic E-state index is 0.0730. The Morgan fingerprint density at radius 3 is 0.769 bits per heavy atom. The number of carbonyl (C=O) groups excluding carboxylic acids is 3. The Morgan fingerprint density at radius 1 is 0.292 bits per heavy atom. The van der Waals surface area contributed by atoms with Crippen LogP contribution in [-0.4, -0.2) is 37.2 Å². The van der Waals surface area contributed by atoms with E-state index in [1.165, 1.54) is 205 Å². The zero-order valence-electron chi connectivity index (χ0n) is 43.8. The standard InChI is InChI=1S/C59H110O6/c1-4-7-10-13-16-19-22-25-27-29-30-32-34-37-40-43-46-49-52-58(61)64-55-56(54-63-57(60)51-48-45-42-39-36-33-24-21-18-15-12-9-6-3)65-59(62)53-50-47-44-41-38-35-31-28-26-23-20-17-14-11-8-5-2/h28,30-32,56H,4-27,29,33-55H2,1-3H3/b31-28-,32-30-. The van der Waals surface area contributed by atoms with E-state index in [-0.39, 0.29) is 31.1 Å². The number of hydrogen-bond donors (Lipinski definition) is 0. The molecule has 0 radical (unpaired) electrons. The van der Waals surface area contributed by atoms with E-state index in [1.54, 1.807) is 0 Å². The van der Waals surface area contributed by atoms with Crippen LogP contribution in [0, 0.1) is 0 Å². The molecule has 6 heteroatoms. The lowest BCUT2D eigenvalue weighted by Crippen LogP contribution is -2.30. The minimum atomic E-state index is -0.775. The summed E-state index contributed by atoms with van der Waals surface area (Å²) < 4.78 is 16.9. The first kappa shape index (κ1) is 62.9. The van der Waals surface area contributed by atoms with Crippen LogP contribution in [0.5, 0.6) is 0 Å². The molecule has 0 aliphatic heterocycles. The average Bonchev–Trinajstić information content (AvgIpc) is 3.30. The molecule has 1 unspecified atom stereocenters. The van der Waals surface area contributed by atoms with E-state index in [0.717, 1.165) is 70.6 Å². The minimum Gasteiger partial charge on any atom is -0.462 e. The van der Waals surface area contributed by atoms with Gasteiger partial charge in [-0.25, -0.2) is 0 Å². The summed E-state index contributed by atoms with van der Waals surface area (Å²) in [6.45, 7) is 6.67. The molecule has 0 heterocycles. The summed E-state index contributed by atoms with van der Waals surface area (Å²) in [4.78, 5) is 38.1. The summed E-state index contributed by atoms with van der Waals surface area (Å²) in [6, 6.07) is 0. The molecule has 382 valence electrons. The third-order valence-electron chi connectivity index (χ3n) is 12.9. The molecule has 1 atom stereocenters. The quantitative estimate of drug-likeness (QED) is 0.0262. The SMILES string of the molecule is CCCCCCCCC/C=C\CCCCCCCC(=O)OC(COC(=O)CCCCCCC/C=C\CCCCCCCCCCC)COC(=O)CCCCCCCCCCCCCCC. The van der Waals surface area contributed by atoms with Crippen LogP contribution in [0.15, 0.2) is 24.3 Å². The molecule has 0 fully saturated rings. The first-order chi connectivity index (χ1) is 32.0. The summed E-state index contributed by atoms with van der Waals surface area (Å²) in [5.74, 6) is -0.871. The van der Waals surface area contributed by atoms with Crippen molar-refractivity contribution in [2.45, 2.75) is 322 Å². The molecule has 0 bridgehead atoms. The normalized spacial score (nSPS) is 12.1. The van der Waals surface area contributed by atoms with Gasteiger partial charge in [0.15, 0.2) is 6.10 Å². The molecule has 0 rings (SSSR count). The summed E-state index contributed by atoms with van der Waals surface area (Å²) in [5, 5.41) is 0. The molecule has 0 aromatic carbocycles. The second-order valence-electron chi connectivity index (χ2n) is 19.6. The Morgan fingerprint density at radius 2 is 0.508 bits per heavy atom. The van der Waals surface area contributed by atoms with E-state index in [4.69, 9.17) is 14.2 Å². The molecule has 0 aromatic heterocycles.